The molecule has 5 aromatic rings. The van der Waals surface area contributed by atoms with E-state index in [1.54, 1.807) is 32.4 Å². The van der Waals surface area contributed by atoms with E-state index < -0.39 is 8.32 Å². The molecule has 0 spiro atoms. The number of methoxy groups -OCH3 is 2. The highest BCUT2D eigenvalue weighted by Crippen LogP contribution is 2.39. The SMILES string of the molecule is C=C[C@@H](C)[C@H](CC[C@@H](C)[C@H](OCc1ccc(OC)cc1)[C@@H](C)CCC(=O)/C=C/[C@@H](C)[C@H](CC[C@H](C)[C@@H](C)O[Si](c1ccccc1)(c1ccccc1)C(C)(C)C)OCc1ccc(OC)cc1)OC(=O)c1ccccc1. The van der Waals surface area contributed by atoms with E-state index in [1.165, 1.54) is 10.4 Å². The van der Waals surface area contributed by atoms with E-state index in [9.17, 15) is 9.59 Å². The van der Waals surface area contributed by atoms with Crippen molar-refractivity contribution in [1.29, 1.82) is 0 Å². The van der Waals surface area contributed by atoms with Crippen molar-refractivity contribution in [2.24, 2.45) is 29.6 Å². The average molecular weight is 1020 g/mol. The van der Waals surface area contributed by atoms with Crippen molar-refractivity contribution in [3.05, 3.63) is 181 Å². The van der Waals surface area contributed by atoms with Crippen molar-refractivity contribution in [2.45, 2.75) is 144 Å². The van der Waals surface area contributed by atoms with Crippen LogP contribution in [0.25, 0.3) is 0 Å². The Balaban J connectivity index is 1.27. The Morgan fingerprint density at radius 2 is 1.04 bits per heavy atom. The summed E-state index contributed by atoms with van der Waals surface area (Å²) < 4.78 is 38.0. The fourth-order valence-electron chi connectivity index (χ4n) is 9.93. The lowest BCUT2D eigenvalue weighted by atomic mass is 9.85. The van der Waals surface area contributed by atoms with Crippen LogP contribution in [0.1, 0.15) is 122 Å². The summed E-state index contributed by atoms with van der Waals surface area (Å²) in [4.78, 5) is 27.0. The molecular formula is C65H86O8Si. The summed E-state index contributed by atoms with van der Waals surface area (Å²) in [7, 11) is 0.578. The summed E-state index contributed by atoms with van der Waals surface area (Å²) >= 11 is 0. The molecule has 0 unspecified atom stereocenters. The number of esters is 1. The molecule has 5 aromatic carbocycles. The third-order valence-electron chi connectivity index (χ3n) is 15.0. The van der Waals surface area contributed by atoms with Crippen LogP contribution in [0, 0.1) is 29.6 Å². The molecule has 0 bridgehead atoms. The molecule has 0 fully saturated rings. The molecule has 5 rings (SSSR count). The van der Waals surface area contributed by atoms with Gasteiger partial charge in [-0.2, -0.15) is 0 Å². The van der Waals surface area contributed by atoms with Crippen LogP contribution in [0.2, 0.25) is 5.04 Å². The first kappa shape index (κ1) is 59.3. The van der Waals surface area contributed by atoms with Crippen LogP contribution in [-0.4, -0.2) is 58.7 Å². The van der Waals surface area contributed by atoms with Crippen LogP contribution in [0.15, 0.2) is 164 Å². The van der Waals surface area contributed by atoms with Gasteiger partial charge in [-0.25, -0.2) is 4.79 Å². The number of allylic oxidation sites excluding steroid dienone is 1. The van der Waals surface area contributed by atoms with Crippen LogP contribution in [0.3, 0.4) is 0 Å². The molecule has 0 aliphatic carbocycles. The van der Waals surface area contributed by atoms with Crippen LogP contribution in [-0.2, 0) is 36.6 Å². The zero-order valence-corrected chi connectivity index (χ0v) is 47.3. The van der Waals surface area contributed by atoms with Gasteiger partial charge < -0.3 is 28.1 Å². The first-order valence-electron chi connectivity index (χ1n) is 26.9. The van der Waals surface area contributed by atoms with Gasteiger partial charge in [0.05, 0.1) is 45.2 Å². The average Bonchev–Trinajstić information content (AvgIpc) is 3.42. The number of carbonyl (C=O) groups is 2. The molecule has 0 radical (unpaired) electrons. The second-order valence-electron chi connectivity index (χ2n) is 21.5. The van der Waals surface area contributed by atoms with E-state index in [-0.39, 0.29) is 70.8 Å². The van der Waals surface area contributed by atoms with E-state index in [2.05, 4.69) is 123 Å². The van der Waals surface area contributed by atoms with Crippen molar-refractivity contribution in [1.82, 2.24) is 0 Å². The first-order chi connectivity index (χ1) is 35.5. The number of rotatable bonds is 31. The standard InChI is InChI=1S/C65H86O8Si/c1-13-47(2)62(72-64(67)55-23-17-14-18-24-55)44-32-51(6)63(71-46-54-35-41-58(69-12)42-36-54)50(5)30-38-56(66)37-29-49(4)61(70-45-53-33-39-57(68-11)40-34-53)43-31-48(3)52(7)73-74(65(8,9)10,59-25-19-15-20-26-59)60-27-21-16-22-28-60/h13-29,33-37,39-42,47-52,61-63H,1,30-32,38,43-46H2,2-12H3/b37-29+/t47-,48+,49-,50+,51-,52-,61+,62+,63-/m1/s1. The highest BCUT2D eigenvalue weighted by atomic mass is 28.4. The topological polar surface area (TPSA) is 89.5 Å². The number of benzene rings is 5. The van der Waals surface area contributed by atoms with Crippen molar-refractivity contribution in [3.63, 3.8) is 0 Å². The lowest BCUT2D eigenvalue weighted by Gasteiger charge is -2.45. The molecule has 0 saturated carbocycles. The summed E-state index contributed by atoms with van der Waals surface area (Å²) in [6.45, 7) is 24.9. The molecule has 0 saturated heterocycles. The molecule has 8 nitrogen and oxygen atoms in total. The van der Waals surface area contributed by atoms with Gasteiger partial charge >= 0.3 is 5.97 Å². The Bertz CT molecular complexity index is 2390. The van der Waals surface area contributed by atoms with Crippen LogP contribution in [0.5, 0.6) is 11.5 Å². The molecule has 0 aliphatic rings. The normalized spacial score (nSPS) is 15.7. The van der Waals surface area contributed by atoms with E-state index in [1.807, 2.05) is 85.8 Å². The zero-order chi connectivity index (χ0) is 53.7. The van der Waals surface area contributed by atoms with Crippen LogP contribution >= 0.6 is 0 Å². The van der Waals surface area contributed by atoms with E-state index >= 15 is 0 Å². The largest absolute Gasteiger partial charge is 0.497 e. The second-order valence-corrected chi connectivity index (χ2v) is 25.8. The highest BCUT2D eigenvalue weighted by molar-refractivity contribution is 6.99. The first-order valence-corrected chi connectivity index (χ1v) is 28.8. The van der Waals surface area contributed by atoms with Crippen molar-refractivity contribution in [2.75, 3.05) is 14.2 Å². The minimum absolute atomic E-state index is 0.0287. The van der Waals surface area contributed by atoms with Gasteiger partial charge in [0.15, 0.2) is 5.78 Å². The van der Waals surface area contributed by atoms with E-state index in [0.717, 1.165) is 41.9 Å². The van der Waals surface area contributed by atoms with Gasteiger partial charge in [-0.05, 0) is 126 Å². The quantitative estimate of drug-likeness (QED) is 0.0188. The predicted octanol–water partition coefficient (Wildman–Crippen LogP) is 14.2. The maximum atomic E-state index is 13.8. The van der Waals surface area contributed by atoms with Crippen molar-refractivity contribution in [3.8, 4) is 11.5 Å². The molecule has 0 amide bonds. The number of hydrogen-bond donors (Lipinski definition) is 0. The predicted molar refractivity (Wildman–Crippen MR) is 305 cm³/mol. The second kappa shape index (κ2) is 29.5. The highest BCUT2D eigenvalue weighted by Gasteiger charge is 2.51. The summed E-state index contributed by atoms with van der Waals surface area (Å²) in [6.07, 6.45) is 9.11. The molecular weight excluding hydrogens is 937 g/mol. The zero-order valence-electron chi connectivity index (χ0n) is 46.3. The Kier molecular flexibility index (Phi) is 23.6. The molecule has 74 heavy (non-hydrogen) atoms. The van der Waals surface area contributed by atoms with Gasteiger partial charge in [0.2, 0.25) is 0 Å². The maximum absolute atomic E-state index is 13.8. The Hall–Kier alpha value is -5.58. The summed E-state index contributed by atoms with van der Waals surface area (Å²) in [5.74, 6) is 1.66. The third-order valence-corrected chi connectivity index (χ3v) is 20.1. The van der Waals surface area contributed by atoms with E-state index in [0.29, 0.717) is 38.0 Å². The smallest absolute Gasteiger partial charge is 0.338 e. The van der Waals surface area contributed by atoms with Crippen molar-refractivity contribution < 1.29 is 37.7 Å². The lowest BCUT2D eigenvalue weighted by Crippen LogP contribution is -2.67. The summed E-state index contributed by atoms with van der Waals surface area (Å²) in [5, 5.41) is 2.41. The number of hydrogen-bond acceptors (Lipinski definition) is 8. The van der Waals surface area contributed by atoms with Crippen molar-refractivity contribution >= 4 is 30.4 Å². The van der Waals surface area contributed by atoms with E-state index in [4.69, 9.17) is 28.1 Å². The Morgan fingerprint density at radius 3 is 1.54 bits per heavy atom. The van der Waals surface area contributed by atoms with Crippen LogP contribution in [0.4, 0.5) is 0 Å². The van der Waals surface area contributed by atoms with Gasteiger partial charge in [0.1, 0.15) is 17.6 Å². The molecule has 9 atom stereocenters. The van der Waals surface area contributed by atoms with Gasteiger partial charge in [-0.1, -0.05) is 171 Å². The summed E-state index contributed by atoms with van der Waals surface area (Å²) in [5.41, 5.74) is 2.63. The number of ketones is 1. The molecule has 398 valence electrons. The number of ether oxygens (including phenoxy) is 5. The number of carbonyl (C=O) groups excluding carboxylic acids is 2. The molecule has 0 aliphatic heterocycles. The Labute approximate surface area is 446 Å². The van der Waals surface area contributed by atoms with Crippen LogP contribution < -0.4 is 19.8 Å². The lowest BCUT2D eigenvalue weighted by molar-refractivity contribution is -0.115. The van der Waals surface area contributed by atoms with Gasteiger partial charge in [0.25, 0.3) is 8.32 Å². The summed E-state index contributed by atoms with van der Waals surface area (Å²) in [6, 6.07) is 46.7. The molecule has 0 aromatic heterocycles. The van der Waals surface area contributed by atoms with Gasteiger partial charge in [-0.3, -0.25) is 4.79 Å². The molecule has 0 heterocycles. The van der Waals surface area contributed by atoms with Gasteiger partial charge in [0, 0.05) is 24.4 Å². The minimum Gasteiger partial charge on any atom is -0.497 e. The minimum atomic E-state index is -2.75. The fourth-order valence-corrected chi connectivity index (χ4v) is 14.7. The third kappa shape index (κ3) is 17.2. The monoisotopic (exact) mass is 1020 g/mol. The molecule has 0 N–H and O–H groups in total. The van der Waals surface area contributed by atoms with Gasteiger partial charge in [-0.15, -0.1) is 6.58 Å². The fraction of sp³-hybridized carbons (Fsp3) is 0.446. The molecule has 9 heteroatoms. The maximum Gasteiger partial charge on any atom is 0.338 e. The Morgan fingerprint density at radius 1 is 0.568 bits per heavy atom.